The Bertz CT molecular complexity index is 1190. The first-order valence-corrected chi connectivity index (χ1v) is 11.4. The highest BCUT2D eigenvalue weighted by atomic mass is 32.2. The normalized spacial score (nSPS) is 11.8. The molecule has 0 saturated heterocycles. The van der Waals surface area contributed by atoms with Crippen LogP contribution in [0.25, 0.3) is 22.6 Å². The maximum Gasteiger partial charge on any atom is 0.270 e. The molecule has 0 aliphatic carbocycles. The van der Waals surface area contributed by atoms with Gasteiger partial charge in [-0.25, -0.2) is 4.98 Å². The van der Waals surface area contributed by atoms with Crippen LogP contribution in [0, 0.1) is 0 Å². The van der Waals surface area contributed by atoms with Crippen LogP contribution in [-0.4, -0.2) is 21.7 Å². The van der Waals surface area contributed by atoms with E-state index < -0.39 is 0 Å². The molecule has 1 unspecified atom stereocenters. The van der Waals surface area contributed by atoms with E-state index in [2.05, 4.69) is 17.4 Å². The SMILES string of the molecule is CSc1cccc(-c2nc(-c3ccccc3)n(C)c2C(=O)NC(C)c2ccccc2)c1. The van der Waals surface area contributed by atoms with Gasteiger partial charge in [-0.2, -0.15) is 0 Å². The van der Waals surface area contributed by atoms with Gasteiger partial charge in [-0.3, -0.25) is 4.79 Å². The lowest BCUT2D eigenvalue weighted by atomic mass is 10.1. The minimum Gasteiger partial charge on any atom is -0.344 e. The van der Waals surface area contributed by atoms with Crippen LogP contribution in [0.5, 0.6) is 0 Å². The molecule has 0 fully saturated rings. The Morgan fingerprint density at radius 3 is 2.26 bits per heavy atom. The molecule has 4 rings (SSSR count). The van der Waals surface area contributed by atoms with E-state index in [0.29, 0.717) is 11.4 Å². The summed E-state index contributed by atoms with van der Waals surface area (Å²) in [6, 6.07) is 28.0. The summed E-state index contributed by atoms with van der Waals surface area (Å²) >= 11 is 1.67. The molecule has 1 heterocycles. The van der Waals surface area contributed by atoms with Crippen molar-refractivity contribution in [3.8, 4) is 22.6 Å². The van der Waals surface area contributed by atoms with Gasteiger partial charge in [0.1, 0.15) is 17.2 Å². The molecule has 3 aromatic carbocycles. The summed E-state index contributed by atoms with van der Waals surface area (Å²) in [4.78, 5) is 19.5. The van der Waals surface area contributed by atoms with Gasteiger partial charge in [0.25, 0.3) is 5.91 Å². The fourth-order valence-corrected chi connectivity index (χ4v) is 4.13. The van der Waals surface area contributed by atoms with Gasteiger partial charge in [0.2, 0.25) is 0 Å². The molecule has 5 heteroatoms. The molecule has 4 nitrogen and oxygen atoms in total. The number of benzene rings is 3. The number of imidazole rings is 1. The topological polar surface area (TPSA) is 46.9 Å². The van der Waals surface area contributed by atoms with Crippen molar-refractivity contribution in [1.82, 2.24) is 14.9 Å². The summed E-state index contributed by atoms with van der Waals surface area (Å²) < 4.78 is 1.89. The number of carbonyl (C=O) groups excluding carboxylic acids is 1. The minimum atomic E-state index is -0.141. The molecular weight excluding hydrogens is 402 g/mol. The van der Waals surface area contributed by atoms with Gasteiger partial charge in [0, 0.05) is 23.1 Å². The molecule has 1 aromatic heterocycles. The fraction of sp³-hybridized carbons (Fsp3) is 0.154. The molecule has 4 aromatic rings. The van der Waals surface area contributed by atoms with Crippen LogP contribution in [0.15, 0.2) is 89.8 Å². The van der Waals surface area contributed by atoms with E-state index >= 15 is 0 Å². The van der Waals surface area contributed by atoms with Crippen LogP contribution in [0.2, 0.25) is 0 Å². The third-order valence-corrected chi connectivity index (χ3v) is 6.06. The highest BCUT2D eigenvalue weighted by Gasteiger charge is 2.24. The van der Waals surface area contributed by atoms with Crippen molar-refractivity contribution < 1.29 is 4.79 Å². The molecule has 156 valence electrons. The molecule has 1 atom stereocenters. The number of aromatic nitrogens is 2. The van der Waals surface area contributed by atoms with E-state index in [1.807, 2.05) is 97.6 Å². The molecule has 0 radical (unpaired) electrons. The van der Waals surface area contributed by atoms with E-state index in [4.69, 9.17) is 4.98 Å². The van der Waals surface area contributed by atoms with E-state index in [0.717, 1.165) is 27.4 Å². The average Bonchev–Trinajstić information content (AvgIpc) is 3.17. The second kappa shape index (κ2) is 9.23. The smallest absolute Gasteiger partial charge is 0.270 e. The summed E-state index contributed by atoms with van der Waals surface area (Å²) in [6.07, 6.45) is 2.04. The Morgan fingerprint density at radius 1 is 0.935 bits per heavy atom. The lowest BCUT2D eigenvalue weighted by Gasteiger charge is -2.15. The van der Waals surface area contributed by atoms with Crippen LogP contribution in [0.1, 0.15) is 29.0 Å². The number of hydrogen-bond acceptors (Lipinski definition) is 3. The lowest BCUT2D eigenvalue weighted by molar-refractivity contribution is 0.0932. The number of nitrogens with one attached hydrogen (secondary N) is 1. The van der Waals surface area contributed by atoms with Crippen molar-refractivity contribution in [3.63, 3.8) is 0 Å². The number of hydrogen-bond donors (Lipinski definition) is 1. The third-order valence-electron chi connectivity index (χ3n) is 5.33. The van der Waals surface area contributed by atoms with Crippen LogP contribution in [0.4, 0.5) is 0 Å². The Morgan fingerprint density at radius 2 is 1.58 bits per heavy atom. The molecule has 0 aliphatic heterocycles. The highest BCUT2D eigenvalue weighted by molar-refractivity contribution is 7.98. The zero-order valence-electron chi connectivity index (χ0n) is 17.9. The first-order valence-electron chi connectivity index (χ1n) is 10.2. The minimum absolute atomic E-state index is 0.117. The summed E-state index contributed by atoms with van der Waals surface area (Å²) in [6.45, 7) is 2.00. The van der Waals surface area contributed by atoms with Crippen molar-refractivity contribution in [2.24, 2.45) is 7.05 Å². The van der Waals surface area contributed by atoms with Gasteiger partial charge < -0.3 is 9.88 Å². The first kappa shape index (κ1) is 20.9. The number of rotatable bonds is 6. The second-order valence-electron chi connectivity index (χ2n) is 7.40. The molecule has 1 amide bonds. The molecule has 1 N–H and O–H groups in total. The van der Waals surface area contributed by atoms with Gasteiger partial charge in [-0.1, -0.05) is 72.8 Å². The van der Waals surface area contributed by atoms with E-state index in [9.17, 15) is 4.79 Å². The van der Waals surface area contributed by atoms with E-state index in [1.54, 1.807) is 11.8 Å². The van der Waals surface area contributed by atoms with Gasteiger partial charge in [-0.15, -0.1) is 11.8 Å². The van der Waals surface area contributed by atoms with Gasteiger partial charge in [0.05, 0.1) is 6.04 Å². The lowest BCUT2D eigenvalue weighted by Crippen LogP contribution is -2.28. The second-order valence-corrected chi connectivity index (χ2v) is 8.28. The highest BCUT2D eigenvalue weighted by Crippen LogP contribution is 2.31. The van der Waals surface area contributed by atoms with Crippen LogP contribution < -0.4 is 5.32 Å². The van der Waals surface area contributed by atoms with Crippen LogP contribution in [-0.2, 0) is 7.05 Å². The number of carbonyl (C=O) groups is 1. The van der Waals surface area contributed by atoms with Crippen molar-refractivity contribution >= 4 is 17.7 Å². The van der Waals surface area contributed by atoms with Gasteiger partial charge >= 0.3 is 0 Å². The standard InChI is InChI=1S/C26H25N3OS/c1-18(19-11-6-4-7-12-19)27-26(30)24-23(21-15-10-16-22(17-21)31-3)28-25(29(24)2)20-13-8-5-9-14-20/h4-18H,1-3H3,(H,27,30). The Labute approximate surface area is 187 Å². The molecule has 0 aliphatic rings. The molecule has 0 spiro atoms. The maximum absolute atomic E-state index is 13.5. The summed E-state index contributed by atoms with van der Waals surface area (Å²) in [5, 5.41) is 3.15. The predicted molar refractivity (Wildman–Crippen MR) is 128 cm³/mol. The van der Waals surface area contributed by atoms with E-state index in [1.165, 1.54) is 0 Å². The van der Waals surface area contributed by atoms with E-state index in [-0.39, 0.29) is 11.9 Å². The molecular formula is C26H25N3OS. The largest absolute Gasteiger partial charge is 0.344 e. The van der Waals surface area contributed by atoms with Crippen molar-refractivity contribution in [2.45, 2.75) is 17.9 Å². The fourth-order valence-electron chi connectivity index (χ4n) is 3.67. The first-order chi connectivity index (χ1) is 15.1. The maximum atomic E-state index is 13.5. The van der Waals surface area contributed by atoms with Crippen molar-refractivity contribution in [3.05, 3.63) is 96.2 Å². The quantitative estimate of drug-likeness (QED) is 0.386. The average molecular weight is 428 g/mol. The van der Waals surface area contributed by atoms with Crippen LogP contribution in [0.3, 0.4) is 0 Å². The summed E-state index contributed by atoms with van der Waals surface area (Å²) in [5.74, 6) is 0.626. The summed E-state index contributed by atoms with van der Waals surface area (Å²) in [7, 11) is 1.90. The molecule has 0 bridgehead atoms. The number of thioether (sulfide) groups is 1. The van der Waals surface area contributed by atoms with Crippen LogP contribution >= 0.6 is 11.8 Å². The van der Waals surface area contributed by atoms with Gasteiger partial charge in [0.15, 0.2) is 0 Å². The van der Waals surface area contributed by atoms with Gasteiger partial charge in [-0.05, 0) is 30.9 Å². The zero-order valence-corrected chi connectivity index (χ0v) is 18.7. The monoisotopic (exact) mass is 427 g/mol. The predicted octanol–water partition coefficient (Wildman–Crippen LogP) is 5.97. The molecule has 31 heavy (non-hydrogen) atoms. The van der Waals surface area contributed by atoms with Crippen molar-refractivity contribution in [2.75, 3.05) is 6.26 Å². The Hall–Kier alpha value is -3.31. The Balaban J connectivity index is 1.79. The number of amides is 1. The summed E-state index contributed by atoms with van der Waals surface area (Å²) in [5.41, 5.74) is 4.21. The zero-order chi connectivity index (χ0) is 21.8. The van der Waals surface area contributed by atoms with Crippen molar-refractivity contribution in [1.29, 1.82) is 0 Å². The molecule has 0 saturated carbocycles. The number of nitrogens with zero attached hydrogens (tertiary/aromatic N) is 2. The Kier molecular flexibility index (Phi) is 6.23. The third kappa shape index (κ3) is 4.42.